The van der Waals surface area contributed by atoms with Crippen LogP contribution in [0, 0.1) is 11.7 Å². The molecule has 2 aliphatic heterocycles. The first kappa shape index (κ1) is 24.4. The summed E-state index contributed by atoms with van der Waals surface area (Å²) in [6.45, 7) is 6.70. The van der Waals surface area contributed by atoms with E-state index in [2.05, 4.69) is 57.7 Å². The lowest BCUT2D eigenvalue weighted by Gasteiger charge is -2.32. The van der Waals surface area contributed by atoms with Gasteiger partial charge in [0.05, 0.1) is 0 Å². The van der Waals surface area contributed by atoms with Gasteiger partial charge in [-0.1, -0.05) is 43.3 Å². The first-order chi connectivity index (χ1) is 17.5. The number of nitrogens with zero attached hydrogens (tertiary/aromatic N) is 4. The molecule has 3 heterocycles. The SMILES string of the molecule is C[C@H]1CCCN(c2cc(N3Cc4ccccc4C3)nc(NC(=S)NCCCc3ccc(F)cc3)n2)C1. The second kappa shape index (κ2) is 11.2. The Morgan fingerprint density at radius 2 is 1.72 bits per heavy atom. The molecule has 8 heteroatoms. The largest absolute Gasteiger partial charge is 0.362 e. The molecule has 6 nitrogen and oxygen atoms in total. The normalized spacial score (nSPS) is 17.1. The zero-order valence-corrected chi connectivity index (χ0v) is 21.5. The third-order valence-electron chi connectivity index (χ3n) is 6.91. The minimum absolute atomic E-state index is 0.208. The van der Waals surface area contributed by atoms with Gasteiger partial charge >= 0.3 is 0 Å². The highest BCUT2D eigenvalue weighted by molar-refractivity contribution is 7.80. The average molecular weight is 505 g/mol. The fourth-order valence-corrected chi connectivity index (χ4v) is 5.18. The van der Waals surface area contributed by atoms with Crippen LogP contribution in [0.25, 0.3) is 0 Å². The van der Waals surface area contributed by atoms with E-state index in [0.717, 1.165) is 56.2 Å². The van der Waals surface area contributed by atoms with E-state index in [-0.39, 0.29) is 5.82 Å². The summed E-state index contributed by atoms with van der Waals surface area (Å²) in [7, 11) is 0. The van der Waals surface area contributed by atoms with E-state index >= 15 is 0 Å². The van der Waals surface area contributed by atoms with E-state index in [1.807, 2.05) is 12.1 Å². The minimum atomic E-state index is -0.208. The van der Waals surface area contributed by atoms with E-state index in [9.17, 15) is 4.39 Å². The van der Waals surface area contributed by atoms with Crippen molar-refractivity contribution in [3.63, 3.8) is 0 Å². The molecule has 2 aliphatic rings. The van der Waals surface area contributed by atoms with Gasteiger partial charge in [-0.05, 0) is 72.6 Å². The molecule has 1 atom stereocenters. The number of aromatic nitrogens is 2. The van der Waals surface area contributed by atoms with Crippen molar-refractivity contribution < 1.29 is 4.39 Å². The molecule has 188 valence electrons. The zero-order valence-electron chi connectivity index (χ0n) is 20.7. The van der Waals surface area contributed by atoms with Gasteiger partial charge in [0.2, 0.25) is 5.95 Å². The molecule has 0 amide bonds. The monoisotopic (exact) mass is 504 g/mol. The summed E-state index contributed by atoms with van der Waals surface area (Å²) < 4.78 is 13.1. The molecule has 1 saturated heterocycles. The highest BCUT2D eigenvalue weighted by atomic mass is 32.1. The van der Waals surface area contributed by atoms with Crippen molar-refractivity contribution in [2.45, 2.75) is 45.7 Å². The lowest BCUT2D eigenvalue weighted by Crippen LogP contribution is -2.35. The first-order valence-electron chi connectivity index (χ1n) is 12.8. The molecule has 1 fully saturated rings. The summed E-state index contributed by atoms with van der Waals surface area (Å²) >= 11 is 5.56. The Labute approximate surface area is 217 Å². The quantitative estimate of drug-likeness (QED) is 0.335. The van der Waals surface area contributed by atoms with Crippen LogP contribution in [0.2, 0.25) is 0 Å². The topological polar surface area (TPSA) is 56.3 Å². The van der Waals surface area contributed by atoms with Gasteiger partial charge in [-0.3, -0.25) is 0 Å². The number of halogens is 1. The summed E-state index contributed by atoms with van der Waals surface area (Å²) in [5, 5.41) is 6.99. The van der Waals surface area contributed by atoms with Crippen molar-refractivity contribution in [1.82, 2.24) is 15.3 Å². The molecule has 0 aliphatic carbocycles. The Balaban J connectivity index is 1.25. The van der Waals surface area contributed by atoms with Gasteiger partial charge < -0.3 is 20.4 Å². The molecule has 36 heavy (non-hydrogen) atoms. The maximum absolute atomic E-state index is 13.1. The summed E-state index contributed by atoms with van der Waals surface area (Å²) in [4.78, 5) is 14.4. The summed E-state index contributed by atoms with van der Waals surface area (Å²) in [6, 6.07) is 17.3. The molecule has 3 aromatic rings. The fraction of sp³-hybridized carbons (Fsp3) is 0.393. The number of hydrogen-bond acceptors (Lipinski definition) is 5. The second-order valence-electron chi connectivity index (χ2n) is 9.84. The van der Waals surface area contributed by atoms with E-state index in [0.29, 0.717) is 23.5 Å². The maximum Gasteiger partial charge on any atom is 0.232 e. The van der Waals surface area contributed by atoms with Gasteiger partial charge in [-0.25, -0.2) is 4.39 Å². The molecule has 0 bridgehead atoms. The summed E-state index contributed by atoms with van der Waals surface area (Å²) in [5.41, 5.74) is 3.80. The van der Waals surface area contributed by atoms with Crippen LogP contribution in [0.1, 0.15) is 42.9 Å². The Hall–Kier alpha value is -3.26. The average Bonchev–Trinajstić information content (AvgIpc) is 3.32. The highest BCUT2D eigenvalue weighted by Gasteiger charge is 2.24. The molecular formula is C28H33FN6S. The van der Waals surface area contributed by atoms with Crippen LogP contribution in [0.4, 0.5) is 22.0 Å². The second-order valence-corrected chi connectivity index (χ2v) is 10.2. The molecule has 0 unspecified atom stereocenters. The van der Waals surface area contributed by atoms with Crippen molar-refractivity contribution in [3.05, 3.63) is 77.1 Å². The number of rotatable bonds is 7. The van der Waals surface area contributed by atoms with E-state index in [1.165, 1.54) is 36.1 Å². The third kappa shape index (κ3) is 6.10. The van der Waals surface area contributed by atoms with Crippen LogP contribution in [0.5, 0.6) is 0 Å². The highest BCUT2D eigenvalue weighted by Crippen LogP contribution is 2.31. The molecule has 1 aromatic heterocycles. The Kier molecular flexibility index (Phi) is 7.60. The molecule has 0 saturated carbocycles. The lowest BCUT2D eigenvalue weighted by atomic mass is 10.0. The Morgan fingerprint density at radius 3 is 2.42 bits per heavy atom. The van der Waals surface area contributed by atoms with Crippen LogP contribution < -0.4 is 20.4 Å². The molecule has 2 N–H and O–H groups in total. The molecule has 5 rings (SSSR count). The van der Waals surface area contributed by atoms with E-state index in [4.69, 9.17) is 22.2 Å². The maximum atomic E-state index is 13.1. The molecule has 0 radical (unpaired) electrons. The van der Waals surface area contributed by atoms with Crippen molar-refractivity contribution in [2.24, 2.45) is 5.92 Å². The zero-order chi connectivity index (χ0) is 24.9. The molecule has 0 spiro atoms. The van der Waals surface area contributed by atoms with Crippen LogP contribution in [0.3, 0.4) is 0 Å². The molecule has 2 aromatic carbocycles. The van der Waals surface area contributed by atoms with Crippen molar-refractivity contribution in [3.8, 4) is 0 Å². The van der Waals surface area contributed by atoms with E-state index in [1.54, 1.807) is 0 Å². The number of anilines is 3. The van der Waals surface area contributed by atoms with Crippen molar-refractivity contribution in [2.75, 3.05) is 34.8 Å². The van der Waals surface area contributed by atoms with E-state index < -0.39 is 0 Å². The molecular weight excluding hydrogens is 471 g/mol. The van der Waals surface area contributed by atoms with Crippen molar-refractivity contribution >= 4 is 34.9 Å². The number of fused-ring (bicyclic) bond motifs is 1. The van der Waals surface area contributed by atoms with Gasteiger partial charge in [0.1, 0.15) is 17.5 Å². The number of hydrogen-bond donors (Lipinski definition) is 2. The number of benzene rings is 2. The number of thiocarbonyl (C=S) groups is 1. The minimum Gasteiger partial charge on any atom is -0.362 e. The van der Waals surface area contributed by atoms with Crippen LogP contribution in [-0.2, 0) is 19.5 Å². The predicted molar refractivity (Wildman–Crippen MR) is 148 cm³/mol. The van der Waals surface area contributed by atoms with Crippen LogP contribution in [0.15, 0.2) is 54.6 Å². The fourth-order valence-electron chi connectivity index (χ4n) is 4.99. The standard InChI is InChI=1S/C28H33FN6S/c1-20-6-5-15-34(17-20)25-16-26(35-18-22-8-2-3-9-23(22)19-35)32-27(31-25)33-28(36)30-14-4-7-21-10-12-24(29)13-11-21/h2-3,8-13,16,20H,4-7,14-15,17-19H2,1H3,(H2,30,31,32,33,36)/t20-/m0/s1. The number of piperidine rings is 1. The predicted octanol–water partition coefficient (Wildman–Crippen LogP) is 5.29. The Bertz CT molecular complexity index is 1180. The Morgan fingerprint density at radius 1 is 1.03 bits per heavy atom. The summed E-state index contributed by atoms with van der Waals surface area (Å²) in [6.07, 6.45) is 4.17. The van der Waals surface area contributed by atoms with Gasteiger partial charge in [-0.2, -0.15) is 9.97 Å². The van der Waals surface area contributed by atoms with Crippen LogP contribution in [-0.4, -0.2) is 34.7 Å². The number of nitrogens with one attached hydrogen (secondary N) is 2. The first-order valence-corrected chi connectivity index (χ1v) is 13.2. The summed E-state index contributed by atoms with van der Waals surface area (Å²) in [5.74, 6) is 2.82. The van der Waals surface area contributed by atoms with Gasteiger partial charge in [0, 0.05) is 38.8 Å². The lowest BCUT2D eigenvalue weighted by molar-refractivity contribution is 0.444. The van der Waals surface area contributed by atoms with Crippen LogP contribution >= 0.6 is 12.2 Å². The smallest absolute Gasteiger partial charge is 0.232 e. The van der Waals surface area contributed by atoms with Gasteiger partial charge in [0.25, 0.3) is 0 Å². The van der Waals surface area contributed by atoms with Gasteiger partial charge in [0.15, 0.2) is 5.11 Å². The van der Waals surface area contributed by atoms with Crippen molar-refractivity contribution in [1.29, 1.82) is 0 Å². The number of aryl methyl sites for hydroxylation is 1. The third-order valence-corrected chi connectivity index (χ3v) is 7.16. The van der Waals surface area contributed by atoms with Gasteiger partial charge in [-0.15, -0.1) is 0 Å².